The first-order valence-corrected chi connectivity index (χ1v) is 4.97. The van der Waals surface area contributed by atoms with Gasteiger partial charge in [0.05, 0.1) is 6.61 Å². The van der Waals surface area contributed by atoms with E-state index in [1.807, 2.05) is 12.1 Å². The van der Waals surface area contributed by atoms with Gasteiger partial charge in [0, 0.05) is 25.4 Å². The van der Waals surface area contributed by atoms with E-state index in [4.69, 9.17) is 4.74 Å². The van der Waals surface area contributed by atoms with Crippen molar-refractivity contribution in [3.63, 3.8) is 0 Å². The lowest BCUT2D eigenvalue weighted by Crippen LogP contribution is -2.24. The topological polar surface area (TPSA) is 31.2 Å². The summed E-state index contributed by atoms with van der Waals surface area (Å²) in [4.78, 5) is 11.8. The highest BCUT2D eigenvalue weighted by Gasteiger charge is 2.00. The molecule has 3 nitrogen and oxygen atoms in total. The van der Waals surface area contributed by atoms with E-state index >= 15 is 0 Å². The number of pyridine rings is 1. The number of rotatable bonds is 5. The molecule has 0 amide bonds. The fourth-order valence-corrected chi connectivity index (χ4v) is 1.41. The van der Waals surface area contributed by atoms with Crippen molar-refractivity contribution >= 4 is 0 Å². The lowest BCUT2D eigenvalue weighted by Gasteiger charge is -2.06. The van der Waals surface area contributed by atoms with Crippen LogP contribution in [0.25, 0.3) is 0 Å². The SMILES string of the molecule is CCCc1cccn(CCOC)c1=O. The minimum atomic E-state index is 0.117. The zero-order valence-corrected chi connectivity index (χ0v) is 8.82. The van der Waals surface area contributed by atoms with Gasteiger partial charge in [0.15, 0.2) is 0 Å². The molecule has 1 rings (SSSR count). The summed E-state index contributed by atoms with van der Waals surface area (Å²) in [6, 6.07) is 3.82. The van der Waals surface area contributed by atoms with Gasteiger partial charge >= 0.3 is 0 Å². The highest BCUT2D eigenvalue weighted by atomic mass is 16.5. The Morgan fingerprint density at radius 1 is 1.50 bits per heavy atom. The molecule has 0 atom stereocenters. The fourth-order valence-electron chi connectivity index (χ4n) is 1.41. The van der Waals surface area contributed by atoms with Crippen LogP contribution in [0.4, 0.5) is 0 Å². The highest BCUT2D eigenvalue weighted by molar-refractivity contribution is 5.10. The maximum Gasteiger partial charge on any atom is 0.253 e. The molecule has 0 radical (unpaired) electrons. The molecule has 1 aromatic heterocycles. The van der Waals surface area contributed by atoms with Gasteiger partial charge in [-0.3, -0.25) is 4.79 Å². The summed E-state index contributed by atoms with van der Waals surface area (Å²) in [6.45, 7) is 3.29. The van der Waals surface area contributed by atoms with E-state index in [0.29, 0.717) is 13.2 Å². The average Bonchev–Trinajstić information content (AvgIpc) is 2.20. The van der Waals surface area contributed by atoms with Crippen molar-refractivity contribution in [1.29, 1.82) is 0 Å². The van der Waals surface area contributed by atoms with Gasteiger partial charge in [-0.1, -0.05) is 19.4 Å². The molecule has 3 heteroatoms. The van der Waals surface area contributed by atoms with Gasteiger partial charge in [-0.15, -0.1) is 0 Å². The van der Waals surface area contributed by atoms with Crippen molar-refractivity contribution in [2.45, 2.75) is 26.3 Å². The molecular formula is C11H17NO2. The number of methoxy groups -OCH3 is 1. The van der Waals surface area contributed by atoms with E-state index in [9.17, 15) is 4.79 Å². The van der Waals surface area contributed by atoms with Gasteiger partial charge in [-0.2, -0.15) is 0 Å². The number of ether oxygens (including phenoxy) is 1. The van der Waals surface area contributed by atoms with Crippen LogP contribution < -0.4 is 5.56 Å². The van der Waals surface area contributed by atoms with Gasteiger partial charge in [-0.25, -0.2) is 0 Å². The average molecular weight is 195 g/mol. The molecule has 0 spiro atoms. The van der Waals surface area contributed by atoms with E-state index in [1.165, 1.54) is 0 Å². The maximum absolute atomic E-state index is 11.8. The standard InChI is InChI=1S/C11H17NO2/c1-3-5-10-6-4-7-12(11(10)13)8-9-14-2/h4,6-7H,3,5,8-9H2,1-2H3. The van der Waals surface area contributed by atoms with Crippen molar-refractivity contribution in [2.24, 2.45) is 0 Å². The van der Waals surface area contributed by atoms with E-state index in [2.05, 4.69) is 6.92 Å². The normalized spacial score (nSPS) is 10.4. The second kappa shape index (κ2) is 5.60. The number of nitrogens with zero attached hydrogens (tertiary/aromatic N) is 1. The quantitative estimate of drug-likeness (QED) is 0.712. The van der Waals surface area contributed by atoms with Gasteiger partial charge in [0.25, 0.3) is 5.56 Å². The number of hydrogen-bond donors (Lipinski definition) is 0. The highest BCUT2D eigenvalue weighted by Crippen LogP contribution is 1.96. The molecule has 0 saturated carbocycles. The van der Waals surface area contributed by atoms with Crippen molar-refractivity contribution < 1.29 is 4.74 Å². The second-order valence-electron chi connectivity index (χ2n) is 3.27. The molecule has 0 bridgehead atoms. The van der Waals surface area contributed by atoms with E-state index < -0.39 is 0 Å². The lowest BCUT2D eigenvalue weighted by molar-refractivity contribution is 0.186. The van der Waals surface area contributed by atoms with Crippen molar-refractivity contribution in [2.75, 3.05) is 13.7 Å². The van der Waals surface area contributed by atoms with E-state index in [0.717, 1.165) is 18.4 Å². The molecule has 0 aromatic carbocycles. The van der Waals surface area contributed by atoms with E-state index in [1.54, 1.807) is 17.9 Å². The molecule has 0 saturated heterocycles. The third-order valence-electron chi connectivity index (χ3n) is 2.15. The molecule has 0 aliphatic heterocycles. The van der Waals surface area contributed by atoms with Crippen LogP contribution in [0.5, 0.6) is 0 Å². The van der Waals surface area contributed by atoms with Crippen molar-refractivity contribution in [1.82, 2.24) is 4.57 Å². The Labute approximate surface area is 84.3 Å². The summed E-state index contributed by atoms with van der Waals surface area (Å²) < 4.78 is 6.64. The minimum Gasteiger partial charge on any atom is -0.383 e. The van der Waals surface area contributed by atoms with Crippen LogP contribution in [0.3, 0.4) is 0 Å². The van der Waals surface area contributed by atoms with Crippen LogP contribution in [0.15, 0.2) is 23.1 Å². The molecule has 0 N–H and O–H groups in total. The zero-order valence-electron chi connectivity index (χ0n) is 8.82. The maximum atomic E-state index is 11.8. The van der Waals surface area contributed by atoms with Crippen molar-refractivity contribution in [3.8, 4) is 0 Å². The van der Waals surface area contributed by atoms with Crippen LogP contribution in [-0.4, -0.2) is 18.3 Å². The monoisotopic (exact) mass is 195 g/mol. The van der Waals surface area contributed by atoms with Gasteiger partial charge < -0.3 is 9.30 Å². The summed E-state index contributed by atoms with van der Waals surface area (Å²) in [5, 5.41) is 0. The predicted molar refractivity (Wildman–Crippen MR) is 56.6 cm³/mol. The van der Waals surface area contributed by atoms with Crippen LogP contribution in [0, 0.1) is 0 Å². The van der Waals surface area contributed by atoms with Crippen molar-refractivity contribution in [3.05, 3.63) is 34.2 Å². The fraction of sp³-hybridized carbons (Fsp3) is 0.545. The smallest absolute Gasteiger partial charge is 0.253 e. The minimum absolute atomic E-state index is 0.117. The first-order chi connectivity index (χ1) is 6.79. The first-order valence-electron chi connectivity index (χ1n) is 4.97. The third kappa shape index (κ3) is 2.70. The molecular weight excluding hydrogens is 178 g/mol. The van der Waals surface area contributed by atoms with Crippen LogP contribution in [0.2, 0.25) is 0 Å². The molecule has 1 heterocycles. The predicted octanol–water partition coefficient (Wildman–Crippen LogP) is 1.45. The number of aryl methyl sites for hydroxylation is 1. The van der Waals surface area contributed by atoms with Crippen LogP contribution in [-0.2, 0) is 17.7 Å². The number of aromatic nitrogens is 1. The Kier molecular flexibility index (Phi) is 4.40. The summed E-state index contributed by atoms with van der Waals surface area (Å²) >= 11 is 0. The third-order valence-corrected chi connectivity index (χ3v) is 2.15. The van der Waals surface area contributed by atoms with Gasteiger partial charge in [-0.05, 0) is 12.5 Å². The molecule has 0 fully saturated rings. The Balaban J connectivity index is 2.84. The number of hydrogen-bond acceptors (Lipinski definition) is 2. The summed E-state index contributed by atoms with van der Waals surface area (Å²) in [7, 11) is 1.64. The first kappa shape index (κ1) is 11.0. The van der Waals surface area contributed by atoms with Gasteiger partial charge in [0.2, 0.25) is 0 Å². The second-order valence-corrected chi connectivity index (χ2v) is 3.27. The van der Waals surface area contributed by atoms with Crippen LogP contribution in [0.1, 0.15) is 18.9 Å². The Hall–Kier alpha value is -1.09. The largest absolute Gasteiger partial charge is 0.383 e. The Bertz CT molecular complexity index is 330. The molecule has 0 unspecified atom stereocenters. The zero-order chi connectivity index (χ0) is 10.4. The molecule has 1 aromatic rings. The van der Waals surface area contributed by atoms with Crippen LogP contribution >= 0.6 is 0 Å². The summed E-state index contributed by atoms with van der Waals surface area (Å²) in [5.74, 6) is 0. The molecule has 0 aliphatic rings. The van der Waals surface area contributed by atoms with Gasteiger partial charge in [0.1, 0.15) is 0 Å². The molecule has 0 aliphatic carbocycles. The molecule has 78 valence electrons. The molecule has 14 heavy (non-hydrogen) atoms. The van der Waals surface area contributed by atoms with E-state index in [-0.39, 0.29) is 5.56 Å². The summed E-state index contributed by atoms with van der Waals surface area (Å²) in [5.41, 5.74) is 1.01. The summed E-state index contributed by atoms with van der Waals surface area (Å²) in [6.07, 6.45) is 3.66. The Morgan fingerprint density at radius 2 is 2.29 bits per heavy atom. The lowest BCUT2D eigenvalue weighted by atomic mass is 10.2. The Morgan fingerprint density at radius 3 is 2.93 bits per heavy atom.